The molecule has 2 atom stereocenters. The topological polar surface area (TPSA) is 87.1 Å². The molecule has 0 saturated heterocycles. The minimum Gasteiger partial charge on any atom is -0.451 e. The van der Waals surface area contributed by atoms with E-state index in [9.17, 15) is 21.6 Å². The Morgan fingerprint density at radius 1 is 1.13 bits per heavy atom. The number of pyridine rings is 1. The monoisotopic (exact) mass is 561 g/mol. The lowest BCUT2D eigenvalue weighted by Gasteiger charge is -2.30. The zero-order valence-electron chi connectivity index (χ0n) is 22.2. The number of benzene rings is 1. The second-order valence-corrected chi connectivity index (χ2v) is 12.9. The molecule has 0 spiro atoms. The maximum atomic E-state index is 14.1. The van der Waals surface area contributed by atoms with Crippen LogP contribution in [0.1, 0.15) is 50.9 Å². The van der Waals surface area contributed by atoms with Crippen LogP contribution in [0.25, 0.3) is 0 Å². The maximum Gasteiger partial charge on any atom is 0.433 e. The normalized spacial score (nSPS) is 21.3. The molecule has 2 aliphatic heterocycles. The van der Waals surface area contributed by atoms with E-state index in [4.69, 9.17) is 4.74 Å². The van der Waals surface area contributed by atoms with Crippen molar-refractivity contribution in [1.82, 2.24) is 9.99 Å². The van der Waals surface area contributed by atoms with Gasteiger partial charge < -0.3 is 10.1 Å². The zero-order chi connectivity index (χ0) is 28.3. The molecule has 2 aromatic rings. The summed E-state index contributed by atoms with van der Waals surface area (Å²) in [6, 6.07) is 7.04. The van der Waals surface area contributed by atoms with E-state index < -0.39 is 27.1 Å². The number of nitrogens with zero attached hydrogens (tertiary/aromatic N) is 4. The lowest BCUT2D eigenvalue weighted by molar-refractivity contribution is -0.141. The molecular weight excluding hydrogens is 531 g/mol. The number of hydrazone groups is 1. The smallest absolute Gasteiger partial charge is 0.433 e. The third-order valence-electron chi connectivity index (χ3n) is 7.02. The highest BCUT2D eigenvalue weighted by Gasteiger charge is 2.38. The first kappa shape index (κ1) is 27.0. The zero-order valence-corrected chi connectivity index (χ0v) is 23.1. The Balaban J connectivity index is 1.60. The molecule has 0 amide bonds. The van der Waals surface area contributed by atoms with Crippen molar-refractivity contribution in [1.29, 1.82) is 0 Å². The van der Waals surface area contributed by atoms with E-state index in [1.165, 1.54) is 10.4 Å². The summed E-state index contributed by atoms with van der Waals surface area (Å²) in [5.41, 5.74) is 1.27. The van der Waals surface area contributed by atoms with Gasteiger partial charge in [-0.1, -0.05) is 45.1 Å². The van der Waals surface area contributed by atoms with Crippen LogP contribution in [0.2, 0.25) is 0 Å². The predicted molar refractivity (Wildman–Crippen MR) is 144 cm³/mol. The molecule has 5 rings (SSSR count). The number of halogens is 3. The van der Waals surface area contributed by atoms with Crippen LogP contribution >= 0.6 is 0 Å². The van der Waals surface area contributed by atoms with Gasteiger partial charge in [0.05, 0.1) is 17.9 Å². The number of fused-ring (bicyclic) bond motifs is 2. The highest BCUT2D eigenvalue weighted by atomic mass is 32.2. The Labute approximate surface area is 225 Å². The Hall–Kier alpha value is -3.54. The largest absolute Gasteiger partial charge is 0.451 e. The third-order valence-corrected chi connectivity index (χ3v) is 9.08. The first-order valence-electron chi connectivity index (χ1n) is 12.5. The first-order chi connectivity index (χ1) is 18.1. The highest BCUT2D eigenvalue weighted by Crippen LogP contribution is 2.41. The van der Waals surface area contributed by atoms with Gasteiger partial charge in [0.2, 0.25) is 15.9 Å². The van der Waals surface area contributed by atoms with Gasteiger partial charge in [0.25, 0.3) is 0 Å². The number of alkyl halides is 3. The number of nitrogens with one attached hydrogen (secondary N) is 1. The lowest BCUT2D eigenvalue weighted by Crippen LogP contribution is -2.38. The Kier molecular flexibility index (Phi) is 6.44. The van der Waals surface area contributed by atoms with Gasteiger partial charge >= 0.3 is 6.18 Å². The maximum absolute atomic E-state index is 14.1. The molecule has 39 heavy (non-hydrogen) atoms. The summed E-state index contributed by atoms with van der Waals surface area (Å²) in [5, 5.41) is 8.11. The number of aromatic nitrogens is 1. The highest BCUT2D eigenvalue weighted by molar-refractivity contribution is 7.93. The van der Waals surface area contributed by atoms with Crippen LogP contribution < -0.4 is 9.62 Å². The molecule has 1 aromatic carbocycles. The average Bonchev–Trinajstić information content (AvgIpc) is 3.10. The van der Waals surface area contributed by atoms with E-state index in [1.807, 2.05) is 19.1 Å². The third kappa shape index (κ3) is 5.09. The van der Waals surface area contributed by atoms with E-state index in [2.05, 4.69) is 36.2 Å². The summed E-state index contributed by atoms with van der Waals surface area (Å²) in [6.07, 6.45) is 0.779. The molecular formula is C27H30F3N5O3S. The predicted octanol–water partition coefficient (Wildman–Crippen LogP) is 5.76. The van der Waals surface area contributed by atoms with Gasteiger partial charge in [-0.25, -0.2) is 13.4 Å². The summed E-state index contributed by atoms with van der Waals surface area (Å²) in [4.78, 5) is 3.79. The summed E-state index contributed by atoms with van der Waals surface area (Å²) in [7, 11) is -2.25. The van der Waals surface area contributed by atoms with Gasteiger partial charge in [0.15, 0.2) is 6.23 Å². The lowest BCUT2D eigenvalue weighted by atomic mass is 9.84. The fourth-order valence-electron chi connectivity index (χ4n) is 4.61. The van der Waals surface area contributed by atoms with Crippen LogP contribution in [0, 0.1) is 5.41 Å². The summed E-state index contributed by atoms with van der Waals surface area (Å²) < 4.78 is 75.6. The van der Waals surface area contributed by atoms with Gasteiger partial charge in [0, 0.05) is 18.2 Å². The van der Waals surface area contributed by atoms with Crippen molar-refractivity contribution in [2.75, 3.05) is 16.7 Å². The van der Waals surface area contributed by atoms with Crippen molar-refractivity contribution in [2.24, 2.45) is 10.5 Å². The molecule has 0 radical (unpaired) electrons. The SMILES string of the molecule is CC1OC(c2ccc3c(c2)N(S(=O)(=O)C2C=CC(C(C)(C)C)=CC2)Cc2ccc(C(F)(F)F)nc2N3)=NN1C. The van der Waals surface area contributed by atoms with Crippen molar-refractivity contribution in [2.45, 2.75) is 58.3 Å². The molecule has 12 heteroatoms. The fourth-order valence-corrected chi connectivity index (χ4v) is 6.29. The first-order valence-corrected chi connectivity index (χ1v) is 14.0. The fraction of sp³-hybridized carbons (Fsp3) is 0.407. The van der Waals surface area contributed by atoms with E-state index in [1.54, 1.807) is 36.3 Å². The van der Waals surface area contributed by atoms with E-state index in [0.29, 0.717) is 22.7 Å². The molecule has 3 heterocycles. The average molecular weight is 562 g/mol. The molecule has 1 N–H and O–H groups in total. The second-order valence-electron chi connectivity index (χ2n) is 10.8. The van der Waals surface area contributed by atoms with Gasteiger partial charge in [-0.15, -0.1) is 5.10 Å². The number of rotatable bonds is 3. The summed E-state index contributed by atoms with van der Waals surface area (Å²) >= 11 is 0. The molecule has 1 aromatic heterocycles. The van der Waals surface area contributed by atoms with Gasteiger partial charge in [-0.05, 0) is 48.6 Å². The summed E-state index contributed by atoms with van der Waals surface area (Å²) in [6.45, 7) is 7.80. The molecule has 2 unspecified atom stereocenters. The molecule has 1 aliphatic carbocycles. The van der Waals surface area contributed by atoms with E-state index in [-0.39, 0.29) is 36.1 Å². The molecule has 208 valence electrons. The standard InChI is InChI=1S/C27H30F3N5O3S/c1-16-34(5)33-25(38-16)17-6-12-21-22(14-17)35(15-18-7-13-23(27(28,29)30)32-24(18)31-21)39(36,37)20-10-8-19(9-11-20)26(2,3)4/h6-10,12-14,16,20H,11,15H2,1-5H3,(H,31,32). The van der Waals surface area contributed by atoms with Crippen molar-refractivity contribution < 1.29 is 26.3 Å². The Morgan fingerprint density at radius 2 is 1.87 bits per heavy atom. The van der Waals surface area contributed by atoms with Crippen LogP contribution in [0.15, 0.2) is 59.2 Å². The number of hydrogen-bond donors (Lipinski definition) is 1. The number of ether oxygens (including phenoxy) is 1. The second kappa shape index (κ2) is 9.29. The number of allylic oxidation sites excluding steroid dienone is 3. The van der Waals surface area contributed by atoms with Crippen LogP contribution in [-0.4, -0.2) is 42.8 Å². The quantitative estimate of drug-likeness (QED) is 0.513. The van der Waals surface area contributed by atoms with Crippen molar-refractivity contribution in [3.8, 4) is 0 Å². The van der Waals surface area contributed by atoms with Crippen molar-refractivity contribution in [3.05, 3.63) is 71.0 Å². The Morgan fingerprint density at radius 3 is 2.46 bits per heavy atom. The van der Waals surface area contributed by atoms with E-state index in [0.717, 1.165) is 11.6 Å². The Bertz CT molecular complexity index is 1510. The molecule has 0 saturated carbocycles. The van der Waals surface area contributed by atoms with Crippen LogP contribution in [0.4, 0.5) is 30.4 Å². The van der Waals surface area contributed by atoms with Crippen LogP contribution in [0.3, 0.4) is 0 Å². The van der Waals surface area contributed by atoms with Crippen LogP contribution in [-0.2, 0) is 27.5 Å². The van der Waals surface area contributed by atoms with Crippen molar-refractivity contribution >= 4 is 33.1 Å². The van der Waals surface area contributed by atoms with Gasteiger partial charge in [-0.2, -0.15) is 13.2 Å². The van der Waals surface area contributed by atoms with Crippen molar-refractivity contribution in [3.63, 3.8) is 0 Å². The number of anilines is 3. The van der Waals surface area contributed by atoms with E-state index >= 15 is 0 Å². The minimum atomic E-state index is -4.65. The summed E-state index contributed by atoms with van der Waals surface area (Å²) in [5.74, 6) is 0.271. The van der Waals surface area contributed by atoms with Gasteiger partial charge in [-0.3, -0.25) is 9.31 Å². The molecule has 8 nitrogen and oxygen atoms in total. The molecule has 0 fully saturated rings. The molecule has 3 aliphatic rings. The minimum absolute atomic E-state index is 0.0477. The van der Waals surface area contributed by atoms with Crippen LogP contribution in [0.5, 0.6) is 0 Å². The number of sulfonamides is 1. The number of hydrogen-bond acceptors (Lipinski definition) is 7. The molecule has 0 bridgehead atoms. The van der Waals surface area contributed by atoms with Gasteiger partial charge in [0.1, 0.15) is 16.8 Å².